The number of pyridine rings is 1. The van der Waals surface area contributed by atoms with Crippen molar-refractivity contribution in [1.82, 2.24) is 9.88 Å². The molecule has 2 aromatic rings. The number of nitrogens with zero attached hydrogens (tertiary/aromatic N) is 2. The molecular weight excluding hydrogens is 427 g/mol. The van der Waals surface area contributed by atoms with Gasteiger partial charge in [0, 0.05) is 18.5 Å². The Balaban J connectivity index is 1.79. The van der Waals surface area contributed by atoms with Crippen molar-refractivity contribution in [3.05, 3.63) is 27.6 Å². The first-order chi connectivity index (χ1) is 12.1. The van der Waals surface area contributed by atoms with Gasteiger partial charge in [0.25, 0.3) is 0 Å². The lowest BCUT2D eigenvalue weighted by molar-refractivity contribution is 0.0105. The van der Waals surface area contributed by atoms with Gasteiger partial charge in [0.05, 0.1) is 33.1 Å². The van der Waals surface area contributed by atoms with E-state index in [4.69, 9.17) is 22.1 Å². The first-order valence-corrected chi connectivity index (χ1v) is 9.20. The van der Waals surface area contributed by atoms with E-state index in [1.807, 2.05) is 20.8 Å². The molecule has 0 atom stereocenters. The van der Waals surface area contributed by atoms with Crippen LogP contribution in [0, 0.1) is 5.82 Å². The van der Waals surface area contributed by atoms with E-state index in [0.717, 1.165) is 0 Å². The van der Waals surface area contributed by atoms with Gasteiger partial charge >= 0.3 is 6.09 Å². The van der Waals surface area contributed by atoms with Gasteiger partial charge in [-0.1, -0.05) is 11.6 Å². The van der Waals surface area contributed by atoms with Gasteiger partial charge in [-0.05, 0) is 42.8 Å². The molecule has 0 radical (unpaired) electrons. The Morgan fingerprint density at radius 3 is 2.77 bits per heavy atom. The van der Waals surface area contributed by atoms with Gasteiger partial charge in [-0.3, -0.25) is 4.98 Å². The third kappa shape index (κ3) is 3.66. The Morgan fingerprint density at radius 1 is 1.50 bits per heavy atom. The maximum Gasteiger partial charge on any atom is 0.410 e. The fraction of sp³-hybridized carbons (Fsp3) is 0.412. The number of benzene rings is 1. The summed E-state index contributed by atoms with van der Waals surface area (Å²) in [6.07, 6.45) is 1.04. The minimum Gasteiger partial charge on any atom is -0.444 e. The van der Waals surface area contributed by atoms with Crippen LogP contribution in [0.25, 0.3) is 10.9 Å². The minimum absolute atomic E-state index is 0.0269. The van der Waals surface area contributed by atoms with Crippen molar-refractivity contribution in [1.29, 1.82) is 0 Å². The predicted octanol–water partition coefficient (Wildman–Crippen LogP) is 4.40. The van der Waals surface area contributed by atoms with Crippen molar-refractivity contribution in [2.45, 2.75) is 32.4 Å². The van der Waals surface area contributed by atoms with E-state index < -0.39 is 11.4 Å². The van der Waals surface area contributed by atoms with E-state index in [0.29, 0.717) is 29.9 Å². The lowest BCUT2D eigenvalue weighted by atomic mass is 10.1. The number of carbonyl (C=O) groups excluding carboxylic acids is 1. The normalized spacial score (nSPS) is 15.1. The van der Waals surface area contributed by atoms with Gasteiger partial charge in [0.15, 0.2) is 5.82 Å². The zero-order chi connectivity index (χ0) is 19.2. The van der Waals surface area contributed by atoms with E-state index in [1.54, 1.807) is 11.0 Å². The molecule has 6 nitrogen and oxygen atoms in total. The molecule has 0 saturated carbocycles. The van der Waals surface area contributed by atoms with E-state index in [-0.39, 0.29) is 27.1 Å². The van der Waals surface area contributed by atoms with Crippen LogP contribution in [0.3, 0.4) is 0 Å². The number of halogens is 3. The molecule has 0 spiro atoms. The quantitative estimate of drug-likeness (QED) is 0.670. The molecule has 1 aliphatic rings. The molecular formula is C17H19BrClFN4O2. The predicted molar refractivity (Wildman–Crippen MR) is 104 cm³/mol. The largest absolute Gasteiger partial charge is 0.444 e. The van der Waals surface area contributed by atoms with Crippen LogP contribution < -0.4 is 11.1 Å². The second kappa shape index (κ2) is 6.74. The standard InChI is InChI=1S/C17H19BrClFN4O2/c1-17(2,3)26-16(25)24-6-8(7-24)23-14-9-4-10(19)12(18)13(20)15(9)22-5-11(14)21/h4-5,8H,6-7,21H2,1-3H3,(H,22,23). The lowest BCUT2D eigenvalue weighted by Crippen LogP contribution is -2.58. The number of amides is 1. The summed E-state index contributed by atoms with van der Waals surface area (Å²) in [5.41, 5.74) is 6.58. The molecule has 0 bridgehead atoms. The van der Waals surface area contributed by atoms with E-state index in [2.05, 4.69) is 26.2 Å². The zero-order valence-electron chi connectivity index (χ0n) is 14.6. The number of aromatic nitrogens is 1. The summed E-state index contributed by atoms with van der Waals surface area (Å²) in [4.78, 5) is 17.7. The number of hydrogen-bond donors (Lipinski definition) is 2. The third-order valence-electron chi connectivity index (χ3n) is 3.91. The number of nitrogen functional groups attached to an aromatic ring is 1. The second-order valence-corrected chi connectivity index (χ2v) is 8.40. The topological polar surface area (TPSA) is 80.5 Å². The summed E-state index contributed by atoms with van der Waals surface area (Å²) in [6, 6.07) is 1.58. The molecule has 140 valence electrons. The number of ether oxygens (including phenoxy) is 1. The van der Waals surface area contributed by atoms with E-state index in [9.17, 15) is 9.18 Å². The molecule has 1 amide bonds. The van der Waals surface area contributed by atoms with Crippen LogP contribution in [0.2, 0.25) is 5.02 Å². The first-order valence-electron chi connectivity index (χ1n) is 8.03. The highest BCUT2D eigenvalue weighted by molar-refractivity contribution is 9.10. The molecule has 0 unspecified atom stereocenters. The third-order valence-corrected chi connectivity index (χ3v) is 5.21. The fourth-order valence-electron chi connectivity index (χ4n) is 2.67. The number of fused-ring (bicyclic) bond motifs is 1. The van der Waals surface area contributed by atoms with Crippen LogP contribution >= 0.6 is 27.5 Å². The highest BCUT2D eigenvalue weighted by Crippen LogP contribution is 2.37. The fourth-order valence-corrected chi connectivity index (χ4v) is 3.16. The van der Waals surface area contributed by atoms with Crippen molar-refractivity contribution in [3.8, 4) is 0 Å². The van der Waals surface area contributed by atoms with E-state index >= 15 is 0 Å². The van der Waals surface area contributed by atoms with Gasteiger partial charge in [-0.2, -0.15) is 0 Å². The van der Waals surface area contributed by atoms with Gasteiger partial charge in [-0.25, -0.2) is 9.18 Å². The monoisotopic (exact) mass is 444 g/mol. The van der Waals surface area contributed by atoms with Gasteiger partial charge in [0.2, 0.25) is 0 Å². The van der Waals surface area contributed by atoms with Crippen molar-refractivity contribution in [3.63, 3.8) is 0 Å². The maximum absolute atomic E-state index is 14.4. The van der Waals surface area contributed by atoms with Crippen LogP contribution in [0.4, 0.5) is 20.6 Å². The molecule has 1 aromatic carbocycles. The molecule has 1 aliphatic heterocycles. The van der Waals surface area contributed by atoms with Gasteiger partial charge in [0.1, 0.15) is 11.1 Å². The average Bonchev–Trinajstić information content (AvgIpc) is 2.48. The number of nitrogens with two attached hydrogens (primary N) is 1. The van der Waals surface area contributed by atoms with Crippen LogP contribution in [-0.4, -0.2) is 40.7 Å². The number of rotatable bonds is 2. The van der Waals surface area contributed by atoms with Gasteiger partial charge in [-0.15, -0.1) is 0 Å². The molecule has 9 heteroatoms. The molecule has 3 rings (SSSR count). The van der Waals surface area contributed by atoms with Crippen molar-refractivity contribution >= 4 is 55.9 Å². The van der Waals surface area contributed by atoms with Crippen LogP contribution in [-0.2, 0) is 4.74 Å². The SMILES string of the molecule is CC(C)(C)OC(=O)N1CC(Nc2c(N)cnc3c(F)c(Br)c(Cl)cc23)C1. The first kappa shape index (κ1) is 19.0. The average molecular weight is 446 g/mol. The number of carbonyl (C=O) groups is 1. The van der Waals surface area contributed by atoms with Crippen LogP contribution in [0.1, 0.15) is 20.8 Å². The smallest absolute Gasteiger partial charge is 0.410 e. The molecule has 1 fully saturated rings. The summed E-state index contributed by atoms with van der Waals surface area (Å²) in [7, 11) is 0. The summed E-state index contributed by atoms with van der Waals surface area (Å²) < 4.78 is 19.9. The molecule has 0 aliphatic carbocycles. The molecule has 1 saturated heterocycles. The van der Waals surface area contributed by atoms with E-state index in [1.165, 1.54) is 6.20 Å². The summed E-state index contributed by atoms with van der Waals surface area (Å²) in [6.45, 7) is 6.39. The van der Waals surface area contributed by atoms with Crippen molar-refractivity contribution in [2.75, 3.05) is 24.1 Å². The number of likely N-dealkylation sites (tertiary alicyclic amines) is 1. The zero-order valence-corrected chi connectivity index (χ0v) is 16.9. The maximum atomic E-state index is 14.4. The molecule has 1 aromatic heterocycles. The summed E-state index contributed by atoms with van der Waals surface area (Å²) in [5, 5.41) is 3.98. The van der Waals surface area contributed by atoms with Crippen molar-refractivity contribution < 1.29 is 13.9 Å². The summed E-state index contributed by atoms with van der Waals surface area (Å²) in [5.74, 6) is -0.542. The Kier molecular flexibility index (Phi) is 4.92. The Hall–Kier alpha value is -1.80. The highest BCUT2D eigenvalue weighted by Gasteiger charge is 2.34. The number of hydrogen-bond acceptors (Lipinski definition) is 5. The Labute approximate surface area is 164 Å². The minimum atomic E-state index is -0.542. The van der Waals surface area contributed by atoms with Gasteiger partial charge < -0.3 is 20.7 Å². The highest BCUT2D eigenvalue weighted by atomic mass is 79.9. The van der Waals surface area contributed by atoms with Crippen LogP contribution in [0.5, 0.6) is 0 Å². The lowest BCUT2D eigenvalue weighted by Gasteiger charge is -2.40. The second-order valence-electron chi connectivity index (χ2n) is 7.20. The Bertz CT molecular complexity index is 881. The number of anilines is 2. The Morgan fingerprint density at radius 2 is 2.15 bits per heavy atom. The molecule has 26 heavy (non-hydrogen) atoms. The molecule has 2 heterocycles. The van der Waals surface area contributed by atoms with Crippen LogP contribution in [0.15, 0.2) is 16.7 Å². The summed E-state index contributed by atoms with van der Waals surface area (Å²) >= 11 is 9.19. The number of nitrogens with one attached hydrogen (secondary N) is 1. The molecule has 3 N–H and O–H groups in total. The van der Waals surface area contributed by atoms with Crippen molar-refractivity contribution in [2.24, 2.45) is 0 Å².